The Balaban J connectivity index is 1.52. The first kappa shape index (κ1) is 18.7. The number of ether oxygens (including phenoxy) is 1. The van der Waals surface area contributed by atoms with E-state index < -0.39 is 0 Å². The van der Waals surface area contributed by atoms with E-state index in [2.05, 4.69) is 51.0 Å². The molecule has 2 N–H and O–H groups in total. The topological polar surface area (TPSA) is 48.9 Å². The summed E-state index contributed by atoms with van der Waals surface area (Å²) in [5.41, 5.74) is 0.262. The van der Waals surface area contributed by atoms with Gasteiger partial charge in [0.05, 0.1) is 13.2 Å². The molecule has 0 aromatic heterocycles. The number of thioether (sulfide) groups is 2. The van der Waals surface area contributed by atoms with Gasteiger partial charge in [-0.2, -0.15) is 23.5 Å². The maximum atomic E-state index is 5.55. The monoisotopic (exact) mass is 372 g/mol. The lowest BCUT2D eigenvalue weighted by Crippen LogP contribution is -2.60. The van der Waals surface area contributed by atoms with Crippen LogP contribution in [-0.2, 0) is 4.74 Å². The van der Waals surface area contributed by atoms with Crippen molar-refractivity contribution in [2.45, 2.75) is 36.5 Å². The number of nitrogens with zero attached hydrogens (tertiary/aromatic N) is 2. The van der Waals surface area contributed by atoms with Gasteiger partial charge in [-0.15, -0.1) is 0 Å². The molecular formula is C17H32N4OS2. The summed E-state index contributed by atoms with van der Waals surface area (Å²) >= 11 is 4.17. The molecule has 7 heteroatoms. The molecule has 0 aliphatic carbocycles. The van der Waals surface area contributed by atoms with Crippen LogP contribution in [0.5, 0.6) is 0 Å². The van der Waals surface area contributed by atoms with Gasteiger partial charge in [-0.05, 0) is 37.7 Å². The highest BCUT2D eigenvalue weighted by atomic mass is 32.2. The molecule has 3 aliphatic heterocycles. The van der Waals surface area contributed by atoms with Crippen LogP contribution in [0.4, 0.5) is 0 Å². The highest BCUT2D eigenvalue weighted by Crippen LogP contribution is 2.37. The number of hydrogen-bond acceptors (Lipinski definition) is 5. The summed E-state index contributed by atoms with van der Waals surface area (Å²) in [6.45, 7) is 8.20. The van der Waals surface area contributed by atoms with Crippen LogP contribution in [0, 0.1) is 0 Å². The molecule has 0 spiro atoms. The number of guanidine groups is 1. The molecule has 0 bridgehead atoms. The fourth-order valence-corrected chi connectivity index (χ4v) is 6.57. The second-order valence-electron chi connectivity index (χ2n) is 7.31. The number of morpholine rings is 1. The minimum Gasteiger partial charge on any atom is -0.379 e. The Bertz CT molecular complexity index is 428. The Morgan fingerprint density at radius 2 is 1.96 bits per heavy atom. The van der Waals surface area contributed by atoms with Crippen molar-refractivity contribution in [3.8, 4) is 0 Å². The standard InChI is InChI=1S/C17H32N4OS2/c1-16(4-3-10-24-16)12-19-15(18-2)20-13-17(5-11-23-14-17)21-6-8-22-9-7-21/h3-14H2,1-2H3,(H2,18,19,20). The molecule has 3 fully saturated rings. The van der Waals surface area contributed by atoms with Gasteiger partial charge in [-0.3, -0.25) is 9.89 Å². The molecule has 138 valence electrons. The van der Waals surface area contributed by atoms with Crippen molar-refractivity contribution >= 4 is 29.5 Å². The average Bonchev–Trinajstić information content (AvgIpc) is 3.26. The second-order valence-corrected chi connectivity index (χ2v) is 10.1. The van der Waals surface area contributed by atoms with Crippen molar-refractivity contribution in [1.82, 2.24) is 15.5 Å². The molecule has 0 amide bonds. The van der Waals surface area contributed by atoms with Gasteiger partial charge in [-0.25, -0.2) is 0 Å². The molecule has 3 rings (SSSR count). The summed E-state index contributed by atoms with van der Waals surface area (Å²) < 4.78 is 5.91. The van der Waals surface area contributed by atoms with Crippen molar-refractivity contribution in [1.29, 1.82) is 0 Å². The van der Waals surface area contributed by atoms with Gasteiger partial charge >= 0.3 is 0 Å². The first-order chi connectivity index (χ1) is 11.7. The smallest absolute Gasteiger partial charge is 0.191 e. The first-order valence-corrected chi connectivity index (χ1v) is 11.3. The van der Waals surface area contributed by atoms with Gasteiger partial charge in [0, 0.05) is 49.3 Å². The lowest BCUT2D eigenvalue weighted by atomic mass is 9.95. The van der Waals surface area contributed by atoms with Gasteiger partial charge in [-0.1, -0.05) is 0 Å². The predicted molar refractivity (Wildman–Crippen MR) is 107 cm³/mol. The molecule has 3 saturated heterocycles. The number of rotatable bonds is 5. The Hall–Kier alpha value is -0.110. The summed E-state index contributed by atoms with van der Waals surface area (Å²) in [5.74, 6) is 4.72. The highest BCUT2D eigenvalue weighted by molar-refractivity contribution is 8.00. The SMILES string of the molecule is CN=C(NCC1(C)CCCS1)NCC1(N2CCOCC2)CCSC1. The molecule has 0 saturated carbocycles. The van der Waals surface area contributed by atoms with Crippen LogP contribution in [0.2, 0.25) is 0 Å². The van der Waals surface area contributed by atoms with E-state index in [9.17, 15) is 0 Å². The molecule has 2 unspecified atom stereocenters. The van der Waals surface area contributed by atoms with E-state index in [1.54, 1.807) is 0 Å². The van der Waals surface area contributed by atoms with Crippen molar-refractivity contribution in [3.63, 3.8) is 0 Å². The van der Waals surface area contributed by atoms with Crippen molar-refractivity contribution in [2.75, 3.05) is 63.7 Å². The molecule has 0 radical (unpaired) electrons. The highest BCUT2D eigenvalue weighted by Gasteiger charge is 2.40. The Kier molecular flexibility index (Phi) is 6.63. The zero-order valence-electron chi connectivity index (χ0n) is 15.1. The predicted octanol–water partition coefficient (Wildman–Crippen LogP) is 1.64. The van der Waals surface area contributed by atoms with E-state index >= 15 is 0 Å². The van der Waals surface area contributed by atoms with Crippen LogP contribution in [0.1, 0.15) is 26.2 Å². The van der Waals surface area contributed by atoms with Gasteiger partial charge in [0.2, 0.25) is 0 Å². The van der Waals surface area contributed by atoms with Crippen molar-refractivity contribution in [2.24, 2.45) is 4.99 Å². The fourth-order valence-electron chi connectivity index (χ4n) is 3.85. The molecule has 0 aromatic carbocycles. The van der Waals surface area contributed by atoms with Crippen LogP contribution in [0.25, 0.3) is 0 Å². The molecular weight excluding hydrogens is 340 g/mol. The van der Waals surface area contributed by atoms with Crippen LogP contribution in [0.15, 0.2) is 4.99 Å². The van der Waals surface area contributed by atoms with E-state index in [0.717, 1.165) is 45.4 Å². The molecule has 3 aliphatic rings. The Labute approximate surface area is 155 Å². The van der Waals surface area contributed by atoms with E-state index in [0.29, 0.717) is 4.75 Å². The van der Waals surface area contributed by atoms with Crippen molar-refractivity contribution < 1.29 is 4.74 Å². The van der Waals surface area contributed by atoms with Gasteiger partial charge in [0.15, 0.2) is 5.96 Å². The molecule has 2 atom stereocenters. The van der Waals surface area contributed by atoms with Crippen LogP contribution >= 0.6 is 23.5 Å². The summed E-state index contributed by atoms with van der Waals surface area (Å²) in [4.78, 5) is 7.10. The summed E-state index contributed by atoms with van der Waals surface area (Å²) in [5, 5.41) is 7.19. The second kappa shape index (κ2) is 8.52. The third kappa shape index (κ3) is 4.54. The molecule has 24 heavy (non-hydrogen) atoms. The Morgan fingerprint density at radius 3 is 2.58 bits per heavy atom. The normalized spacial score (nSPS) is 35.3. The van der Waals surface area contributed by atoms with Gasteiger partial charge in [0.1, 0.15) is 0 Å². The van der Waals surface area contributed by atoms with Crippen LogP contribution in [0.3, 0.4) is 0 Å². The third-order valence-corrected chi connectivity index (χ3v) is 8.28. The quantitative estimate of drug-likeness (QED) is 0.565. The van der Waals surface area contributed by atoms with E-state index in [4.69, 9.17) is 4.74 Å². The largest absolute Gasteiger partial charge is 0.379 e. The van der Waals surface area contributed by atoms with E-state index in [1.165, 1.54) is 36.5 Å². The summed E-state index contributed by atoms with van der Waals surface area (Å²) in [6, 6.07) is 0. The van der Waals surface area contributed by atoms with Gasteiger partial charge in [0.25, 0.3) is 0 Å². The zero-order chi connectivity index (χ0) is 16.9. The molecule has 3 heterocycles. The Morgan fingerprint density at radius 1 is 1.17 bits per heavy atom. The number of aliphatic imine (C=N–C) groups is 1. The van der Waals surface area contributed by atoms with E-state index in [1.807, 2.05) is 7.05 Å². The summed E-state index contributed by atoms with van der Waals surface area (Å²) in [6.07, 6.45) is 3.90. The maximum Gasteiger partial charge on any atom is 0.191 e. The average molecular weight is 373 g/mol. The summed E-state index contributed by atoms with van der Waals surface area (Å²) in [7, 11) is 1.88. The maximum absolute atomic E-state index is 5.55. The lowest BCUT2D eigenvalue weighted by Gasteiger charge is -2.43. The minimum absolute atomic E-state index is 0.262. The third-order valence-electron chi connectivity index (χ3n) is 5.50. The van der Waals surface area contributed by atoms with Crippen LogP contribution < -0.4 is 10.6 Å². The number of hydrogen-bond donors (Lipinski definition) is 2. The molecule has 0 aromatic rings. The first-order valence-electron chi connectivity index (χ1n) is 9.15. The lowest BCUT2D eigenvalue weighted by molar-refractivity contribution is -0.0120. The molecule has 5 nitrogen and oxygen atoms in total. The van der Waals surface area contributed by atoms with E-state index in [-0.39, 0.29) is 5.54 Å². The fraction of sp³-hybridized carbons (Fsp3) is 0.941. The van der Waals surface area contributed by atoms with Crippen LogP contribution in [-0.4, -0.2) is 84.8 Å². The zero-order valence-corrected chi connectivity index (χ0v) is 16.7. The minimum atomic E-state index is 0.262. The van der Waals surface area contributed by atoms with Crippen molar-refractivity contribution in [3.05, 3.63) is 0 Å². The van der Waals surface area contributed by atoms with Gasteiger partial charge < -0.3 is 15.4 Å². The number of nitrogens with one attached hydrogen (secondary N) is 2.